The van der Waals surface area contributed by atoms with Gasteiger partial charge in [-0.15, -0.1) is 26.3 Å². The van der Waals surface area contributed by atoms with Gasteiger partial charge in [0.1, 0.15) is 0 Å². The summed E-state index contributed by atoms with van der Waals surface area (Å²) in [5.41, 5.74) is 2.88. The second-order valence-corrected chi connectivity index (χ2v) is 10.1. The molecule has 0 aliphatic heterocycles. The highest BCUT2D eigenvalue weighted by atomic mass is 31.1. The highest BCUT2D eigenvalue weighted by Crippen LogP contribution is 2.41. The molecule has 22 heavy (non-hydrogen) atoms. The number of allylic oxidation sites excluding steroid dienone is 4. The monoisotopic (exact) mass is 330 g/mol. The van der Waals surface area contributed by atoms with Crippen LogP contribution in [0.25, 0.3) is 0 Å². The SMILES string of the molecule is C=CCP(CC=C)Cc1ccc(CP(CC=C)CC=C)cc1. The van der Waals surface area contributed by atoms with Crippen LogP contribution in [0, 0.1) is 0 Å². The average molecular weight is 330 g/mol. The Hall–Kier alpha value is -0.960. The fraction of sp³-hybridized carbons (Fsp3) is 0.300. The lowest BCUT2D eigenvalue weighted by atomic mass is 10.2. The average Bonchev–Trinajstić information content (AvgIpc) is 2.50. The van der Waals surface area contributed by atoms with E-state index in [2.05, 4.69) is 50.6 Å². The summed E-state index contributed by atoms with van der Waals surface area (Å²) in [6.07, 6.45) is 15.0. The Morgan fingerprint density at radius 3 is 1.09 bits per heavy atom. The second kappa shape index (κ2) is 11.6. The summed E-state index contributed by atoms with van der Waals surface area (Å²) in [5, 5.41) is 0. The lowest BCUT2D eigenvalue weighted by molar-refractivity contribution is 1.31. The van der Waals surface area contributed by atoms with Gasteiger partial charge in [0.2, 0.25) is 0 Å². The van der Waals surface area contributed by atoms with E-state index in [-0.39, 0.29) is 15.8 Å². The lowest BCUT2D eigenvalue weighted by Gasteiger charge is -2.16. The van der Waals surface area contributed by atoms with Gasteiger partial charge >= 0.3 is 0 Å². The summed E-state index contributed by atoms with van der Waals surface area (Å²) >= 11 is 0. The Bertz CT molecular complexity index is 408. The maximum atomic E-state index is 3.87. The molecule has 0 bridgehead atoms. The van der Waals surface area contributed by atoms with Crippen molar-refractivity contribution in [3.8, 4) is 0 Å². The van der Waals surface area contributed by atoms with E-state index in [4.69, 9.17) is 0 Å². The predicted molar refractivity (Wildman–Crippen MR) is 108 cm³/mol. The van der Waals surface area contributed by atoms with E-state index < -0.39 is 0 Å². The highest BCUT2D eigenvalue weighted by molar-refractivity contribution is 7.57. The van der Waals surface area contributed by atoms with Crippen LogP contribution in [0.3, 0.4) is 0 Å². The van der Waals surface area contributed by atoms with Crippen LogP contribution in [0.2, 0.25) is 0 Å². The zero-order valence-corrected chi connectivity index (χ0v) is 15.4. The van der Waals surface area contributed by atoms with Crippen LogP contribution in [-0.4, -0.2) is 24.6 Å². The molecule has 0 spiro atoms. The van der Waals surface area contributed by atoms with Crippen molar-refractivity contribution in [1.82, 2.24) is 0 Å². The van der Waals surface area contributed by atoms with Crippen molar-refractivity contribution in [1.29, 1.82) is 0 Å². The van der Waals surface area contributed by atoms with Crippen LogP contribution in [0.5, 0.6) is 0 Å². The van der Waals surface area contributed by atoms with Gasteiger partial charge in [0, 0.05) is 0 Å². The maximum Gasteiger partial charge on any atom is -0.00675 e. The van der Waals surface area contributed by atoms with Gasteiger partial charge in [-0.3, -0.25) is 0 Å². The largest absolute Gasteiger partial charge is 0.103 e. The van der Waals surface area contributed by atoms with E-state index in [1.54, 1.807) is 0 Å². The third kappa shape index (κ3) is 7.35. The second-order valence-electron chi connectivity index (χ2n) is 5.36. The Morgan fingerprint density at radius 1 is 0.591 bits per heavy atom. The van der Waals surface area contributed by atoms with Crippen molar-refractivity contribution >= 4 is 15.8 Å². The molecule has 0 amide bonds. The van der Waals surface area contributed by atoms with Crippen molar-refractivity contribution < 1.29 is 0 Å². The van der Waals surface area contributed by atoms with E-state index in [0.29, 0.717) is 0 Å². The van der Waals surface area contributed by atoms with Crippen LogP contribution < -0.4 is 0 Å². The summed E-state index contributed by atoms with van der Waals surface area (Å²) < 4.78 is 0. The first kappa shape index (κ1) is 19.1. The molecular formula is C20H28P2. The highest BCUT2D eigenvalue weighted by Gasteiger charge is 2.08. The summed E-state index contributed by atoms with van der Waals surface area (Å²) in [6.45, 7) is 15.5. The van der Waals surface area contributed by atoms with Gasteiger partial charge in [-0.25, -0.2) is 0 Å². The third-order valence-electron chi connectivity index (χ3n) is 3.38. The van der Waals surface area contributed by atoms with E-state index in [1.807, 2.05) is 24.3 Å². The number of benzene rings is 1. The molecule has 1 aromatic carbocycles. The van der Waals surface area contributed by atoms with Crippen molar-refractivity contribution in [3.63, 3.8) is 0 Å². The molecule has 0 saturated carbocycles. The smallest absolute Gasteiger partial charge is 0.00675 e. The first-order valence-electron chi connectivity index (χ1n) is 7.69. The number of hydrogen-bond acceptors (Lipinski definition) is 0. The van der Waals surface area contributed by atoms with Gasteiger partial charge < -0.3 is 0 Å². The Kier molecular flexibility index (Phi) is 10.1. The van der Waals surface area contributed by atoms with E-state index >= 15 is 0 Å². The Morgan fingerprint density at radius 2 is 0.864 bits per heavy atom. The quantitative estimate of drug-likeness (QED) is 0.307. The third-order valence-corrected chi connectivity index (χ3v) is 8.11. The topological polar surface area (TPSA) is 0 Å². The zero-order chi connectivity index (χ0) is 16.2. The minimum atomic E-state index is -0.0336. The van der Waals surface area contributed by atoms with Crippen molar-refractivity contribution in [3.05, 3.63) is 86.0 Å². The van der Waals surface area contributed by atoms with E-state index in [1.165, 1.54) is 23.5 Å². The number of rotatable bonds is 12. The molecule has 0 unspecified atom stereocenters. The molecule has 0 atom stereocenters. The maximum absolute atomic E-state index is 3.87. The molecule has 1 rings (SSSR count). The molecule has 0 aliphatic carbocycles. The summed E-state index contributed by atoms with van der Waals surface area (Å²) in [6, 6.07) is 9.19. The molecule has 0 saturated heterocycles. The standard InChI is InChI=1S/C20H28P2/c1-5-13-21(14-6-2)17-19-9-11-20(12-10-19)18-22(15-7-3)16-8-4/h5-12H,1-4,13-18H2. The molecule has 0 aromatic heterocycles. The van der Waals surface area contributed by atoms with Crippen LogP contribution in [-0.2, 0) is 12.3 Å². The van der Waals surface area contributed by atoms with Gasteiger partial charge in [-0.1, -0.05) is 64.4 Å². The molecule has 1 aromatic rings. The van der Waals surface area contributed by atoms with Crippen LogP contribution in [0.1, 0.15) is 11.1 Å². The zero-order valence-electron chi connectivity index (χ0n) is 13.6. The molecule has 0 aliphatic rings. The lowest BCUT2D eigenvalue weighted by Crippen LogP contribution is -1.93. The van der Waals surface area contributed by atoms with Crippen LogP contribution in [0.4, 0.5) is 0 Å². The van der Waals surface area contributed by atoms with Crippen LogP contribution in [0.15, 0.2) is 74.9 Å². The van der Waals surface area contributed by atoms with Gasteiger partial charge in [0.05, 0.1) is 0 Å². The summed E-state index contributed by atoms with van der Waals surface area (Å²) in [4.78, 5) is 0. The first-order valence-corrected chi connectivity index (χ1v) is 11.5. The fourth-order valence-corrected chi connectivity index (χ4v) is 6.13. The van der Waals surface area contributed by atoms with Crippen LogP contribution >= 0.6 is 15.8 Å². The van der Waals surface area contributed by atoms with Gasteiger partial charge in [-0.2, -0.15) is 0 Å². The summed E-state index contributed by atoms with van der Waals surface area (Å²) in [7, 11) is -0.0671. The van der Waals surface area contributed by atoms with Crippen molar-refractivity contribution in [2.75, 3.05) is 24.6 Å². The predicted octanol–water partition coefficient (Wildman–Crippen LogP) is 6.39. The first-order chi connectivity index (χ1) is 10.7. The molecule has 0 nitrogen and oxygen atoms in total. The fourth-order valence-electron chi connectivity index (χ4n) is 2.40. The van der Waals surface area contributed by atoms with E-state index in [0.717, 1.165) is 24.6 Å². The molecular weight excluding hydrogens is 302 g/mol. The Balaban J connectivity index is 2.64. The minimum absolute atomic E-state index is 0.0336. The molecule has 0 fully saturated rings. The molecule has 0 N–H and O–H groups in total. The number of hydrogen-bond donors (Lipinski definition) is 0. The van der Waals surface area contributed by atoms with E-state index in [9.17, 15) is 0 Å². The molecule has 0 radical (unpaired) electrons. The molecule has 2 heteroatoms. The van der Waals surface area contributed by atoms with Gasteiger partial charge in [0.25, 0.3) is 0 Å². The van der Waals surface area contributed by atoms with Crippen molar-refractivity contribution in [2.24, 2.45) is 0 Å². The summed E-state index contributed by atoms with van der Waals surface area (Å²) in [5.74, 6) is 0. The molecule has 0 heterocycles. The van der Waals surface area contributed by atoms with Gasteiger partial charge in [-0.05, 0) is 48.1 Å². The molecule has 118 valence electrons. The Labute approximate surface area is 139 Å². The van der Waals surface area contributed by atoms with Crippen molar-refractivity contribution in [2.45, 2.75) is 12.3 Å². The minimum Gasteiger partial charge on any atom is -0.103 e. The normalized spacial score (nSPS) is 10.6. The van der Waals surface area contributed by atoms with Gasteiger partial charge in [0.15, 0.2) is 0 Å².